The van der Waals surface area contributed by atoms with E-state index in [1.807, 2.05) is 16.7 Å². The number of urea groups is 1. The van der Waals surface area contributed by atoms with E-state index < -0.39 is 0 Å². The summed E-state index contributed by atoms with van der Waals surface area (Å²) in [7, 11) is 1.62. The second kappa shape index (κ2) is 8.57. The number of imide groups is 1. The third-order valence-corrected chi connectivity index (χ3v) is 5.58. The van der Waals surface area contributed by atoms with Gasteiger partial charge in [-0.2, -0.15) is 11.8 Å². The Morgan fingerprint density at radius 2 is 2.09 bits per heavy atom. The van der Waals surface area contributed by atoms with Crippen LogP contribution in [-0.2, 0) is 9.59 Å². The average molecular weight is 341 g/mol. The summed E-state index contributed by atoms with van der Waals surface area (Å²) in [6.45, 7) is 4.32. The maximum absolute atomic E-state index is 12.4. The molecule has 2 saturated heterocycles. The summed E-state index contributed by atoms with van der Waals surface area (Å²) in [5, 5.41) is 0.543. The Balaban J connectivity index is 1.77. The molecule has 4 amide bonds. The molecule has 23 heavy (non-hydrogen) atoms. The first-order valence-electron chi connectivity index (χ1n) is 8.47. The molecule has 0 radical (unpaired) electrons. The molecule has 6 nitrogen and oxygen atoms in total. The summed E-state index contributed by atoms with van der Waals surface area (Å²) in [6, 6.07) is -0.253. The van der Waals surface area contributed by atoms with Crippen LogP contribution in [0.15, 0.2) is 0 Å². The fraction of sp³-hybridized carbons (Fsp3) is 0.812. The van der Waals surface area contributed by atoms with Gasteiger partial charge in [-0.05, 0) is 25.0 Å². The summed E-state index contributed by atoms with van der Waals surface area (Å²) in [5.41, 5.74) is 0. The van der Waals surface area contributed by atoms with Crippen molar-refractivity contribution in [2.45, 2.75) is 44.3 Å². The van der Waals surface area contributed by atoms with Crippen molar-refractivity contribution in [1.29, 1.82) is 0 Å². The molecule has 2 aliphatic rings. The highest BCUT2D eigenvalue weighted by molar-refractivity contribution is 7.99. The van der Waals surface area contributed by atoms with Gasteiger partial charge in [-0.3, -0.25) is 14.5 Å². The molecule has 0 aromatic carbocycles. The third-order valence-electron chi connectivity index (χ3n) is 4.39. The summed E-state index contributed by atoms with van der Waals surface area (Å²) < 4.78 is 0. The predicted molar refractivity (Wildman–Crippen MR) is 91.3 cm³/mol. The third kappa shape index (κ3) is 4.86. The summed E-state index contributed by atoms with van der Waals surface area (Å²) in [5.74, 6) is 1.07. The highest BCUT2D eigenvalue weighted by atomic mass is 32.2. The molecule has 0 saturated carbocycles. The predicted octanol–water partition coefficient (Wildman–Crippen LogP) is 1.79. The number of likely N-dealkylation sites (N-methyl/N-ethyl adjacent to an activating group) is 1. The van der Waals surface area contributed by atoms with Crippen LogP contribution in [0, 0.1) is 0 Å². The summed E-state index contributed by atoms with van der Waals surface area (Å²) >= 11 is 1.93. The molecule has 2 heterocycles. The minimum Gasteiger partial charge on any atom is -0.342 e. The van der Waals surface area contributed by atoms with Crippen LogP contribution in [0.1, 0.15) is 39.0 Å². The van der Waals surface area contributed by atoms with E-state index in [1.54, 1.807) is 7.05 Å². The Labute approximate surface area is 142 Å². The van der Waals surface area contributed by atoms with Gasteiger partial charge in [-0.15, -0.1) is 0 Å². The van der Waals surface area contributed by atoms with E-state index in [-0.39, 0.29) is 24.4 Å². The van der Waals surface area contributed by atoms with Gasteiger partial charge in [0.1, 0.15) is 6.54 Å². The molecule has 2 fully saturated rings. The van der Waals surface area contributed by atoms with Gasteiger partial charge in [0, 0.05) is 38.4 Å². The van der Waals surface area contributed by atoms with Crippen LogP contribution in [0.3, 0.4) is 0 Å². The molecule has 1 atom stereocenters. The first-order valence-corrected chi connectivity index (χ1v) is 9.52. The van der Waals surface area contributed by atoms with Crippen LogP contribution >= 0.6 is 11.8 Å². The van der Waals surface area contributed by atoms with Crippen LogP contribution in [0.4, 0.5) is 4.79 Å². The summed E-state index contributed by atoms with van der Waals surface area (Å²) in [4.78, 5) is 40.5. The lowest BCUT2D eigenvalue weighted by Crippen LogP contribution is -2.37. The molecule has 0 spiro atoms. The molecule has 130 valence electrons. The lowest BCUT2D eigenvalue weighted by molar-refractivity contribution is -0.132. The number of carbonyl (C=O) groups excluding carboxylic acids is 3. The number of nitrogens with zero attached hydrogens (tertiary/aromatic N) is 3. The second-order valence-corrected chi connectivity index (χ2v) is 7.78. The van der Waals surface area contributed by atoms with Crippen molar-refractivity contribution in [3.05, 3.63) is 0 Å². The van der Waals surface area contributed by atoms with Gasteiger partial charge in [-0.25, -0.2) is 4.79 Å². The number of likely N-dealkylation sites (tertiary alicyclic amines) is 1. The Morgan fingerprint density at radius 3 is 2.74 bits per heavy atom. The lowest BCUT2D eigenvalue weighted by Gasteiger charge is -2.24. The van der Waals surface area contributed by atoms with Crippen molar-refractivity contribution in [3.8, 4) is 0 Å². The average Bonchev–Trinajstić information content (AvgIpc) is 2.71. The first-order chi connectivity index (χ1) is 11.0. The molecule has 0 aromatic heterocycles. The summed E-state index contributed by atoms with van der Waals surface area (Å²) in [6.07, 6.45) is 4.40. The minimum absolute atomic E-state index is 0.148. The largest absolute Gasteiger partial charge is 0.342 e. The van der Waals surface area contributed by atoms with E-state index >= 15 is 0 Å². The first kappa shape index (κ1) is 18.1. The molecule has 0 aliphatic carbocycles. The second-order valence-electron chi connectivity index (χ2n) is 6.20. The van der Waals surface area contributed by atoms with Gasteiger partial charge in [0.25, 0.3) is 0 Å². The van der Waals surface area contributed by atoms with Crippen molar-refractivity contribution < 1.29 is 14.4 Å². The molecular weight excluding hydrogens is 314 g/mol. The lowest BCUT2D eigenvalue weighted by atomic mass is 10.2. The fourth-order valence-corrected chi connectivity index (χ4v) is 4.23. The zero-order valence-corrected chi connectivity index (χ0v) is 14.9. The quantitative estimate of drug-likeness (QED) is 0.691. The van der Waals surface area contributed by atoms with Gasteiger partial charge in [0.15, 0.2) is 0 Å². The van der Waals surface area contributed by atoms with Crippen LogP contribution in [0.25, 0.3) is 0 Å². The standard InChI is InChI=1S/C16H27N3O3S/c1-3-23-13-7-4-5-9-18(11-13)14(20)8-6-10-19-15(21)12-17(2)16(19)22/h13H,3-12H2,1-2H3/t13-/m0/s1. The highest BCUT2D eigenvalue weighted by Gasteiger charge is 2.33. The van der Waals surface area contributed by atoms with Gasteiger partial charge in [0.05, 0.1) is 0 Å². The Hall–Kier alpha value is -1.24. The molecular formula is C16H27N3O3S. The van der Waals surface area contributed by atoms with Crippen molar-refractivity contribution >= 4 is 29.6 Å². The fourth-order valence-electron chi connectivity index (χ4n) is 3.14. The van der Waals surface area contributed by atoms with E-state index in [0.717, 1.165) is 25.3 Å². The number of rotatable bonds is 6. The molecule has 2 rings (SSSR count). The van der Waals surface area contributed by atoms with E-state index in [2.05, 4.69) is 6.92 Å². The number of hydrogen-bond acceptors (Lipinski definition) is 4. The highest BCUT2D eigenvalue weighted by Crippen LogP contribution is 2.22. The molecule has 7 heteroatoms. The van der Waals surface area contributed by atoms with Gasteiger partial charge in [0.2, 0.25) is 11.8 Å². The number of carbonyl (C=O) groups is 3. The van der Waals surface area contributed by atoms with Crippen LogP contribution in [0.2, 0.25) is 0 Å². The van der Waals surface area contributed by atoms with E-state index in [4.69, 9.17) is 0 Å². The van der Waals surface area contributed by atoms with Crippen LogP contribution < -0.4 is 0 Å². The molecule has 0 aromatic rings. The van der Waals surface area contributed by atoms with E-state index in [0.29, 0.717) is 24.6 Å². The number of amides is 4. The molecule has 0 unspecified atom stereocenters. The van der Waals surface area contributed by atoms with Crippen molar-refractivity contribution in [1.82, 2.24) is 14.7 Å². The molecule has 0 bridgehead atoms. The van der Waals surface area contributed by atoms with E-state index in [1.165, 1.54) is 22.6 Å². The Kier molecular flexibility index (Phi) is 6.74. The zero-order chi connectivity index (χ0) is 16.8. The van der Waals surface area contributed by atoms with E-state index in [9.17, 15) is 14.4 Å². The smallest absolute Gasteiger partial charge is 0.326 e. The van der Waals surface area contributed by atoms with Gasteiger partial charge in [-0.1, -0.05) is 13.3 Å². The normalized spacial score (nSPS) is 22.7. The van der Waals surface area contributed by atoms with Crippen molar-refractivity contribution in [2.75, 3.05) is 39.0 Å². The maximum atomic E-state index is 12.4. The SMILES string of the molecule is CCS[C@H]1CCCCN(C(=O)CCCN2C(=O)CN(C)C2=O)C1. The Morgan fingerprint density at radius 1 is 1.30 bits per heavy atom. The number of hydrogen-bond donors (Lipinski definition) is 0. The van der Waals surface area contributed by atoms with Gasteiger partial charge >= 0.3 is 6.03 Å². The minimum atomic E-state index is -0.253. The van der Waals surface area contributed by atoms with Crippen molar-refractivity contribution in [3.63, 3.8) is 0 Å². The number of thioether (sulfide) groups is 1. The maximum Gasteiger partial charge on any atom is 0.326 e. The monoisotopic (exact) mass is 341 g/mol. The van der Waals surface area contributed by atoms with Crippen LogP contribution in [0.5, 0.6) is 0 Å². The van der Waals surface area contributed by atoms with Crippen molar-refractivity contribution in [2.24, 2.45) is 0 Å². The molecule has 2 aliphatic heterocycles. The van der Waals surface area contributed by atoms with Gasteiger partial charge < -0.3 is 9.80 Å². The Bertz CT molecular complexity index is 458. The van der Waals surface area contributed by atoms with Crippen LogP contribution in [-0.4, -0.2) is 76.8 Å². The molecule has 0 N–H and O–H groups in total. The zero-order valence-electron chi connectivity index (χ0n) is 14.1. The topological polar surface area (TPSA) is 60.9 Å².